The van der Waals surface area contributed by atoms with E-state index in [0.29, 0.717) is 50.4 Å². The lowest BCUT2D eigenvalue weighted by atomic mass is 10.1. The van der Waals surface area contributed by atoms with Crippen LogP contribution in [-0.4, -0.2) is 49.6 Å². The molecule has 2 aromatic carbocycles. The summed E-state index contributed by atoms with van der Waals surface area (Å²) in [5, 5.41) is 8.92. The number of benzene rings is 2. The molecule has 0 aliphatic carbocycles. The first-order valence-electron chi connectivity index (χ1n) is 9.84. The zero-order valence-corrected chi connectivity index (χ0v) is 16.3. The Bertz CT molecular complexity index is 960. The summed E-state index contributed by atoms with van der Waals surface area (Å²) in [7, 11) is 0. The molecule has 0 N–H and O–H groups in total. The van der Waals surface area contributed by atoms with Crippen LogP contribution in [0.15, 0.2) is 48.5 Å². The van der Waals surface area contributed by atoms with Crippen LogP contribution in [0.4, 0.5) is 24.5 Å². The molecule has 4 rings (SSSR count). The molecule has 0 spiro atoms. The molecule has 0 saturated carbocycles. The molecule has 1 amide bonds. The lowest BCUT2D eigenvalue weighted by Crippen LogP contribution is -2.52. The van der Waals surface area contributed by atoms with Crippen molar-refractivity contribution in [3.8, 4) is 6.07 Å². The molecular formula is C22H21F3N4O. The second-order valence-corrected chi connectivity index (χ2v) is 7.52. The van der Waals surface area contributed by atoms with E-state index in [1.165, 1.54) is 12.1 Å². The first-order valence-corrected chi connectivity index (χ1v) is 9.84. The van der Waals surface area contributed by atoms with Gasteiger partial charge in [0.2, 0.25) is 5.91 Å². The number of amides is 1. The van der Waals surface area contributed by atoms with Gasteiger partial charge in [0.25, 0.3) is 0 Å². The number of carbonyl (C=O) groups excluding carboxylic acids is 1. The zero-order chi connectivity index (χ0) is 21.3. The van der Waals surface area contributed by atoms with Crippen molar-refractivity contribution in [3.05, 3.63) is 59.7 Å². The van der Waals surface area contributed by atoms with Crippen LogP contribution in [0.1, 0.15) is 17.5 Å². The van der Waals surface area contributed by atoms with Gasteiger partial charge in [0.1, 0.15) is 0 Å². The lowest BCUT2D eigenvalue weighted by Gasteiger charge is -2.38. The topological polar surface area (TPSA) is 50.6 Å². The molecule has 2 fully saturated rings. The molecule has 0 aromatic heterocycles. The Hall–Kier alpha value is -3.05. The zero-order valence-electron chi connectivity index (χ0n) is 16.3. The fraction of sp³-hybridized carbons (Fsp3) is 0.364. The second kappa shape index (κ2) is 8.00. The fourth-order valence-corrected chi connectivity index (χ4v) is 4.15. The molecule has 1 atom stereocenters. The third-order valence-corrected chi connectivity index (χ3v) is 5.78. The fourth-order valence-electron chi connectivity index (χ4n) is 4.15. The summed E-state index contributed by atoms with van der Waals surface area (Å²) in [5.41, 5.74) is 1.24. The molecule has 0 bridgehead atoms. The molecule has 156 valence electrons. The van der Waals surface area contributed by atoms with Crippen LogP contribution in [-0.2, 0) is 11.0 Å². The molecule has 1 unspecified atom stereocenters. The van der Waals surface area contributed by atoms with Crippen LogP contribution in [0.3, 0.4) is 0 Å². The summed E-state index contributed by atoms with van der Waals surface area (Å²) in [6.45, 7) is 2.99. The van der Waals surface area contributed by atoms with E-state index in [1.807, 2.05) is 4.90 Å². The second-order valence-electron chi connectivity index (χ2n) is 7.52. The summed E-state index contributed by atoms with van der Waals surface area (Å²) in [4.78, 5) is 18.7. The van der Waals surface area contributed by atoms with E-state index in [2.05, 4.69) is 11.0 Å². The molecular weight excluding hydrogens is 393 g/mol. The van der Waals surface area contributed by atoms with Gasteiger partial charge in [-0.3, -0.25) is 9.69 Å². The standard InChI is InChI=1S/C22H21F3N4O/c23-22(24,25)17-2-1-3-19(14-17)27-10-12-28(13-11-27)20-8-9-29(21(20)30)18-6-4-16(15-26)5-7-18/h1-7,14,20H,8-13H2. The Morgan fingerprint density at radius 2 is 1.63 bits per heavy atom. The smallest absolute Gasteiger partial charge is 0.369 e. The van der Waals surface area contributed by atoms with Crippen LogP contribution >= 0.6 is 0 Å². The van der Waals surface area contributed by atoms with Crippen LogP contribution < -0.4 is 9.80 Å². The molecule has 2 aliphatic rings. The van der Waals surface area contributed by atoms with Crippen molar-refractivity contribution >= 4 is 17.3 Å². The molecule has 5 nitrogen and oxygen atoms in total. The van der Waals surface area contributed by atoms with Crippen LogP contribution in [0, 0.1) is 11.3 Å². The number of hydrogen-bond donors (Lipinski definition) is 0. The first kappa shape index (κ1) is 20.2. The van der Waals surface area contributed by atoms with Crippen molar-refractivity contribution in [1.82, 2.24) is 4.90 Å². The summed E-state index contributed by atoms with van der Waals surface area (Å²) in [5.74, 6) is 0.0345. The molecule has 8 heteroatoms. The van der Waals surface area contributed by atoms with Crippen LogP contribution in [0.5, 0.6) is 0 Å². The SMILES string of the molecule is N#Cc1ccc(N2CCC(N3CCN(c4cccc(C(F)(F)F)c4)CC3)C2=O)cc1. The van der Waals surface area contributed by atoms with E-state index in [-0.39, 0.29) is 11.9 Å². The van der Waals surface area contributed by atoms with Gasteiger partial charge in [0.05, 0.1) is 23.2 Å². The van der Waals surface area contributed by atoms with Crippen molar-refractivity contribution in [2.45, 2.75) is 18.6 Å². The van der Waals surface area contributed by atoms with Gasteiger partial charge < -0.3 is 9.80 Å². The van der Waals surface area contributed by atoms with Gasteiger partial charge in [-0.1, -0.05) is 6.07 Å². The Kier molecular flexibility index (Phi) is 5.39. The predicted molar refractivity (Wildman–Crippen MR) is 107 cm³/mol. The monoisotopic (exact) mass is 414 g/mol. The number of nitrogens with zero attached hydrogens (tertiary/aromatic N) is 4. The number of piperazine rings is 1. The third-order valence-electron chi connectivity index (χ3n) is 5.78. The number of nitriles is 1. The van der Waals surface area contributed by atoms with E-state index in [4.69, 9.17) is 5.26 Å². The number of hydrogen-bond acceptors (Lipinski definition) is 4. The summed E-state index contributed by atoms with van der Waals surface area (Å²) >= 11 is 0. The Morgan fingerprint density at radius 3 is 2.27 bits per heavy atom. The minimum absolute atomic E-state index is 0.0345. The molecule has 2 saturated heterocycles. The maximum atomic E-state index is 13.0. The first-order chi connectivity index (χ1) is 14.4. The minimum atomic E-state index is -4.36. The molecule has 2 aliphatic heterocycles. The minimum Gasteiger partial charge on any atom is -0.369 e. The van der Waals surface area contributed by atoms with E-state index in [9.17, 15) is 18.0 Å². The van der Waals surface area contributed by atoms with Gasteiger partial charge in [-0.15, -0.1) is 0 Å². The third kappa shape index (κ3) is 3.98. The van der Waals surface area contributed by atoms with Gasteiger partial charge in [-0.2, -0.15) is 18.4 Å². The summed E-state index contributed by atoms with van der Waals surface area (Å²) in [6, 6.07) is 14.2. The van der Waals surface area contributed by atoms with Crippen molar-refractivity contribution in [3.63, 3.8) is 0 Å². The van der Waals surface area contributed by atoms with Gasteiger partial charge in [0, 0.05) is 44.1 Å². The maximum absolute atomic E-state index is 13.0. The maximum Gasteiger partial charge on any atom is 0.416 e. The summed E-state index contributed by atoms with van der Waals surface area (Å²) < 4.78 is 38.9. The van der Waals surface area contributed by atoms with Gasteiger partial charge in [0.15, 0.2) is 0 Å². The van der Waals surface area contributed by atoms with Crippen molar-refractivity contribution in [2.24, 2.45) is 0 Å². The van der Waals surface area contributed by atoms with Gasteiger partial charge in [-0.25, -0.2) is 0 Å². The van der Waals surface area contributed by atoms with Crippen molar-refractivity contribution in [2.75, 3.05) is 42.5 Å². The highest BCUT2D eigenvalue weighted by Gasteiger charge is 2.38. The average molecular weight is 414 g/mol. The Labute approximate surface area is 172 Å². The van der Waals surface area contributed by atoms with E-state index in [1.54, 1.807) is 35.2 Å². The van der Waals surface area contributed by atoms with Crippen molar-refractivity contribution in [1.29, 1.82) is 5.26 Å². The molecule has 30 heavy (non-hydrogen) atoms. The Morgan fingerprint density at radius 1 is 0.933 bits per heavy atom. The van der Waals surface area contributed by atoms with Crippen LogP contribution in [0.25, 0.3) is 0 Å². The highest BCUT2D eigenvalue weighted by atomic mass is 19.4. The molecule has 2 aromatic rings. The normalized spacial score (nSPS) is 20.5. The van der Waals surface area contributed by atoms with E-state index >= 15 is 0 Å². The number of anilines is 2. The molecule has 2 heterocycles. The quantitative estimate of drug-likeness (QED) is 0.772. The number of rotatable bonds is 3. The lowest BCUT2D eigenvalue weighted by molar-refractivity contribution is -0.137. The van der Waals surface area contributed by atoms with Gasteiger partial charge >= 0.3 is 6.18 Å². The Balaban J connectivity index is 1.39. The van der Waals surface area contributed by atoms with E-state index in [0.717, 1.165) is 11.8 Å². The van der Waals surface area contributed by atoms with Crippen molar-refractivity contribution < 1.29 is 18.0 Å². The highest BCUT2D eigenvalue weighted by molar-refractivity contribution is 5.99. The highest BCUT2D eigenvalue weighted by Crippen LogP contribution is 2.32. The average Bonchev–Trinajstić information content (AvgIpc) is 3.14. The predicted octanol–water partition coefficient (Wildman–Crippen LogP) is 3.50. The molecule has 0 radical (unpaired) electrons. The number of halogens is 3. The van der Waals surface area contributed by atoms with Crippen LogP contribution in [0.2, 0.25) is 0 Å². The number of alkyl halides is 3. The largest absolute Gasteiger partial charge is 0.416 e. The summed E-state index contributed by atoms with van der Waals surface area (Å²) in [6.07, 6.45) is -3.65. The number of carbonyl (C=O) groups is 1. The van der Waals surface area contributed by atoms with Gasteiger partial charge in [-0.05, 0) is 48.9 Å². The van der Waals surface area contributed by atoms with E-state index < -0.39 is 11.7 Å².